The Morgan fingerprint density at radius 2 is 2.00 bits per heavy atom. The Balaban J connectivity index is 1.58. The molecule has 1 aromatic carbocycles. The number of benzene rings is 1. The molecule has 0 saturated carbocycles. The minimum Gasteiger partial charge on any atom is -0.319 e. The molecule has 0 atom stereocenters. The molecule has 0 bridgehead atoms. The van der Waals surface area contributed by atoms with E-state index < -0.39 is 0 Å². The summed E-state index contributed by atoms with van der Waals surface area (Å²) < 4.78 is 1.82. The van der Waals surface area contributed by atoms with E-state index in [0.29, 0.717) is 11.3 Å². The van der Waals surface area contributed by atoms with Crippen LogP contribution in [0.2, 0.25) is 0 Å². The molecule has 0 aliphatic rings. The zero-order chi connectivity index (χ0) is 18.4. The first-order chi connectivity index (χ1) is 12.6. The van der Waals surface area contributed by atoms with Crippen molar-refractivity contribution >= 4 is 23.4 Å². The molecule has 3 rings (SSSR count). The van der Waals surface area contributed by atoms with Crippen LogP contribution in [0, 0.1) is 0 Å². The number of rotatable bonds is 7. The van der Waals surface area contributed by atoms with Crippen molar-refractivity contribution < 1.29 is 4.79 Å². The fourth-order valence-corrected chi connectivity index (χ4v) is 3.03. The van der Waals surface area contributed by atoms with E-state index in [1.54, 1.807) is 24.2 Å². The van der Waals surface area contributed by atoms with E-state index in [2.05, 4.69) is 20.3 Å². The van der Waals surface area contributed by atoms with E-state index in [4.69, 9.17) is 0 Å². The molecule has 26 heavy (non-hydrogen) atoms. The second-order valence-electron chi connectivity index (χ2n) is 6.04. The summed E-state index contributed by atoms with van der Waals surface area (Å²) in [5.41, 5.74) is 1.30. The van der Waals surface area contributed by atoms with Gasteiger partial charge in [0.15, 0.2) is 0 Å². The highest BCUT2D eigenvalue weighted by molar-refractivity contribution is 7.99. The summed E-state index contributed by atoms with van der Waals surface area (Å²) in [5.74, 6) is -0.147. The molecule has 1 amide bonds. The van der Waals surface area contributed by atoms with Crippen LogP contribution in [0.3, 0.4) is 0 Å². The number of amides is 1. The molecule has 134 valence electrons. The molecular formula is C19H21N5OS. The highest BCUT2D eigenvalue weighted by Gasteiger charge is 2.08. The molecular weight excluding hydrogens is 346 g/mol. The van der Waals surface area contributed by atoms with Gasteiger partial charge in [-0.3, -0.25) is 9.48 Å². The Morgan fingerprint density at radius 1 is 1.19 bits per heavy atom. The van der Waals surface area contributed by atoms with Gasteiger partial charge in [0.05, 0.1) is 18.4 Å². The zero-order valence-electron chi connectivity index (χ0n) is 14.8. The largest absolute Gasteiger partial charge is 0.319 e. The first-order valence-electron chi connectivity index (χ1n) is 8.27. The summed E-state index contributed by atoms with van der Waals surface area (Å²) in [4.78, 5) is 19.8. The second-order valence-corrected chi connectivity index (χ2v) is 7.14. The van der Waals surface area contributed by atoms with E-state index in [1.165, 1.54) is 0 Å². The molecule has 3 aromatic rings. The van der Waals surface area contributed by atoms with Crippen molar-refractivity contribution in [2.45, 2.75) is 16.5 Å². The molecule has 0 unspecified atom stereocenters. The van der Waals surface area contributed by atoms with E-state index in [9.17, 15) is 4.79 Å². The number of likely N-dealkylation sites (N-methyl/N-ethyl adjacent to an activating group) is 1. The standard InChI is InChI=1S/C19H21N5OS/c1-23(2)11-12-24-14-16(13-21-24)22-19(25)15-6-8-17(9-7-15)26-18-5-3-4-10-20-18/h3-10,13-14H,11-12H2,1-2H3,(H,22,25). The summed E-state index contributed by atoms with van der Waals surface area (Å²) in [6, 6.07) is 13.3. The average Bonchev–Trinajstić information content (AvgIpc) is 3.09. The summed E-state index contributed by atoms with van der Waals surface area (Å²) in [6.07, 6.45) is 5.27. The minimum atomic E-state index is -0.147. The van der Waals surface area contributed by atoms with Crippen LogP contribution in [0.4, 0.5) is 5.69 Å². The monoisotopic (exact) mass is 367 g/mol. The Kier molecular flexibility index (Phi) is 6.04. The van der Waals surface area contributed by atoms with E-state index in [-0.39, 0.29) is 5.91 Å². The number of carbonyl (C=O) groups excluding carboxylic acids is 1. The van der Waals surface area contributed by atoms with E-state index in [0.717, 1.165) is 23.0 Å². The number of pyridine rings is 1. The van der Waals surface area contributed by atoms with Crippen molar-refractivity contribution in [1.29, 1.82) is 0 Å². The van der Waals surface area contributed by atoms with Gasteiger partial charge in [0.25, 0.3) is 5.91 Å². The second kappa shape index (κ2) is 8.64. The van der Waals surface area contributed by atoms with Gasteiger partial charge in [-0.2, -0.15) is 5.10 Å². The van der Waals surface area contributed by atoms with Gasteiger partial charge in [-0.1, -0.05) is 17.8 Å². The number of anilines is 1. The quantitative estimate of drug-likeness (QED) is 0.695. The summed E-state index contributed by atoms with van der Waals surface area (Å²) in [5, 5.41) is 8.07. The molecule has 2 heterocycles. The predicted molar refractivity (Wildman–Crippen MR) is 104 cm³/mol. The van der Waals surface area contributed by atoms with Gasteiger partial charge in [0.2, 0.25) is 0 Å². The van der Waals surface area contributed by atoms with Crippen molar-refractivity contribution in [3.05, 3.63) is 66.6 Å². The van der Waals surface area contributed by atoms with Gasteiger partial charge in [0.1, 0.15) is 5.03 Å². The summed E-state index contributed by atoms with van der Waals surface area (Å²) in [7, 11) is 4.03. The first-order valence-corrected chi connectivity index (χ1v) is 9.09. The Morgan fingerprint density at radius 3 is 2.69 bits per heavy atom. The van der Waals surface area contributed by atoms with Crippen molar-refractivity contribution in [3.8, 4) is 0 Å². The van der Waals surface area contributed by atoms with Crippen LogP contribution >= 0.6 is 11.8 Å². The molecule has 2 aromatic heterocycles. The van der Waals surface area contributed by atoms with Crippen LogP contribution in [0.15, 0.2) is 71.0 Å². The highest BCUT2D eigenvalue weighted by Crippen LogP contribution is 2.25. The van der Waals surface area contributed by atoms with Gasteiger partial charge < -0.3 is 10.2 Å². The molecule has 0 radical (unpaired) electrons. The lowest BCUT2D eigenvalue weighted by atomic mass is 10.2. The van der Waals surface area contributed by atoms with Crippen molar-refractivity contribution in [3.63, 3.8) is 0 Å². The zero-order valence-corrected chi connectivity index (χ0v) is 15.6. The van der Waals surface area contributed by atoms with Crippen LogP contribution in [0.1, 0.15) is 10.4 Å². The van der Waals surface area contributed by atoms with Gasteiger partial charge in [-0.25, -0.2) is 4.98 Å². The molecule has 7 heteroatoms. The number of hydrogen-bond acceptors (Lipinski definition) is 5. The van der Waals surface area contributed by atoms with E-state index in [1.807, 2.05) is 67.4 Å². The maximum absolute atomic E-state index is 12.4. The molecule has 0 aliphatic carbocycles. The average molecular weight is 367 g/mol. The van der Waals surface area contributed by atoms with Crippen LogP contribution in [0.5, 0.6) is 0 Å². The van der Waals surface area contributed by atoms with Crippen molar-refractivity contribution in [2.24, 2.45) is 0 Å². The third-order valence-corrected chi connectivity index (χ3v) is 4.60. The number of nitrogens with zero attached hydrogens (tertiary/aromatic N) is 4. The van der Waals surface area contributed by atoms with E-state index >= 15 is 0 Å². The lowest BCUT2D eigenvalue weighted by Crippen LogP contribution is -2.18. The summed E-state index contributed by atoms with van der Waals surface area (Å²) in [6.45, 7) is 1.67. The van der Waals surface area contributed by atoms with Crippen LogP contribution in [-0.4, -0.2) is 46.2 Å². The minimum absolute atomic E-state index is 0.147. The molecule has 0 saturated heterocycles. The van der Waals surface area contributed by atoms with Crippen molar-refractivity contribution in [2.75, 3.05) is 26.0 Å². The molecule has 0 aliphatic heterocycles. The van der Waals surface area contributed by atoms with Crippen LogP contribution in [0.25, 0.3) is 0 Å². The SMILES string of the molecule is CN(C)CCn1cc(NC(=O)c2ccc(Sc3ccccn3)cc2)cn1. The van der Waals surface area contributed by atoms with Gasteiger partial charge in [0, 0.05) is 29.4 Å². The lowest BCUT2D eigenvalue weighted by Gasteiger charge is -2.08. The Labute approximate surface area is 157 Å². The number of carbonyl (C=O) groups is 1. The predicted octanol–water partition coefficient (Wildman–Crippen LogP) is 3.24. The number of nitrogens with one attached hydrogen (secondary N) is 1. The van der Waals surface area contributed by atoms with Crippen molar-refractivity contribution in [1.82, 2.24) is 19.7 Å². The van der Waals surface area contributed by atoms with Crippen LogP contribution in [-0.2, 0) is 6.54 Å². The first kappa shape index (κ1) is 18.2. The summed E-state index contributed by atoms with van der Waals surface area (Å²) >= 11 is 1.56. The van der Waals surface area contributed by atoms with Gasteiger partial charge in [-0.15, -0.1) is 0 Å². The maximum Gasteiger partial charge on any atom is 0.255 e. The number of hydrogen-bond donors (Lipinski definition) is 1. The molecule has 0 spiro atoms. The van der Waals surface area contributed by atoms with Gasteiger partial charge >= 0.3 is 0 Å². The fourth-order valence-electron chi connectivity index (χ4n) is 2.26. The van der Waals surface area contributed by atoms with Crippen LogP contribution < -0.4 is 5.32 Å². The fraction of sp³-hybridized carbons (Fsp3) is 0.211. The maximum atomic E-state index is 12.4. The molecule has 6 nitrogen and oxygen atoms in total. The smallest absolute Gasteiger partial charge is 0.255 e. The lowest BCUT2D eigenvalue weighted by molar-refractivity contribution is 0.102. The Hall–Kier alpha value is -2.64. The topological polar surface area (TPSA) is 63.0 Å². The Bertz CT molecular complexity index is 846. The molecule has 1 N–H and O–H groups in total. The third kappa shape index (κ3) is 5.18. The molecule has 0 fully saturated rings. The van der Waals surface area contributed by atoms with Gasteiger partial charge in [-0.05, 0) is 50.5 Å². The normalized spacial score (nSPS) is 10.9. The number of aromatic nitrogens is 3. The third-order valence-electron chi connectivity index (χ3n) is 3.64. The highest BCUT2D eigenvalue weighted by atomic mass is 32.2.